The van der Waals surface area contributed by atoms with Gasteiger partial charge in [0.15, 0.2) is 0 Å². The minimum absolute atomic E-state index is 0.190. The van der Waals surface area contributed by atoms with E-state index in [-0.39, 0.29) is 5.60 Å². The third-order valence-corrected chi connectivity index (χ3v) is 5.91. The molecule has 0 bridgehead atoms. The molecule has 2 unspecified atom stereocenters. The van der Waals surface area contributed by atoms with Crippen LogP contribution in [0.2, 0.25) is 5.02 Å². The smallest absolute Gasteiger partial charge is 0.0686 e. The van der Waals surface area contributed by atoms with E-state index in [0.717, 1.165) is 29.1 Å². The molecule has 3 rings (SSSR count). The molecule has 2 fully saturated rings. The molecule has 2 aliphatic rings. The predicted octanol–water partition coefficient (Wildman–Crippen LogP) is 5.10. The van der Waals surface area contributed by atoms with E-state index in [1.807, 2.05) is 12.1 Å². The molecule has 1 aliphatic carbocycles. The van der Waals surface area contributed by atoms with Crippen molar-refractivity contribution in [1.82, 2.24) is 5.32 Å². The molecule has 1 aliphatic heterocycles. The van der Waals surface area contributed by atoms with Gasteiger partial charge in [-0.05, 0) is 62.3 Å². The summed E-state index contributed by atoms with van der Waals surface area (Å²) in [4.78, 5) is 0. The highest BCUT2D eigenvalue weighted by atomic mass is 79.9. The average Bonchev–Trinajstić information content (AvgIpc) is 2.44. The maximum atomic E-state index is 6.09. The molecule has 116 valence electrons. The molecule has 1 aromatic rings. The standard InChI is InChI=1S/C17H23BrClNO/c1-2-20-16(14-5-4-13(19)10-15(14)18)12-6-9-21-17(11-12)7-3-8-17/h4-5,10,12,16,20H,2-3,6-9,11H2,1H3. The zero-order valence-electron chi connectivity index (χ0n) is 12.5. The van der Waals surface area contributed by atoms with Crippen molar-refractivity contribution in [3.8, 4) is 0 Å². The van der Waals surface area contributed by atoms with Crippen LogP contribution in [0.5, 0.6) is 0 Å². The molecule has 1 spiro atoms. The van der Waals surface area contributed by atoms with Crippen molar-refractivity contribution in [3.05, 3.63) is 33.3 Å². The zero-order valence-corrected chi connectivity index (χ0v) is 14.8. The lowest BCUT2D eigenvalue weighted by atomic mass is 9.69. The van der Waals surface area contributed by atoms with Gasteiger partial charge in [0.25, 0.3) is 0 Å². The third kappa shape index (κ3) is 3.31. The number of nitrogens with one attached hydrogen (secondary N) is 1. The van der Waals surface area contributed by atoms with Crippen molar-refractivity contribution in [1.29, 1.82) is 0 Å². The van der Waals surface area contributed by atoms with Crippen LogP contribution in [0.3, 0.4) is 0 Å². The second-order valence-corrected chi connectivity index (χ2v) is 7.63. The van der Waals surface area contributed by atoms with Crippen molar-refractivity contribution in [2.45, 2.75) is 50.7 Å². The Bertz CT molecular complexity index is 504. The van der Waals surface area contributed by atoms with E-state index >= 15 is 0 Å². The number of hydrogen-bond acceptors (Lipinski definition) is 2. The van der Waals surface area contributed by atoms with Gasteiger partial charge < -0.3 is 10.1 Å². The maximum Gasteiger partial charge on any atom is 0.0686 e. The van der Waals surface area contributed by atoms with Gasteiger partial charge in [0.1, 0.15) is 0 Å². The first-order chi connectivity index (χ1) is 10.1. The van der Waals surface area contributed by atoms with E-state index in [2.05, 4.69) is 34.2 Å². The summed E-state index contributed by atoms with van der Waals surface area (Å²) in [7, 11) is 0. The Morgan fingerprint density at radius 3 is 2.90 bits per heavy atom. The van der Waals surface area contributed by atoms with E-state index in [4.69, 9.17) is 16.3 Å². The second-order valence-electron chi connectivity index (χ2n) is 6.34. The lowest BCUT2D eigenvalue weighted by molar-refractivity contribution is -0.147. The van der Waals surface area contributed by atoms with E-state index in [1.165, 1.54) is 31.2 Å². The number of hydrogen-bond donors (Lipinski definition) is 1. The maximum absolute atomic E-state index is 6.09. The number of rotatable bonds is 4. The molecule has 0 amide bonds. The fourth-order valence-corrected chi connectivity index (χ4v) is 4.70. The SMILES string of the molecule is CCNC(c1ccc(Cl)cc1Br)C1CCOC2(CCC2)C1. The van der Waals surface area contributed by atoms with Gasteiger partial charge in [-0.2, -0.15) is 0 Å². The highest BCUT2D eigenvalue weighted by molar-refractivity contribution is 9.10. The Morgan fingerprint density at radius 2 is 2.29 bits per heavy atom. The molecule has 2 nitrogen and oxygen atoms in total. The minimum atomic E-state index is 0.190. The fraction of sp³-hybridized carbons (Fsp3) is 0.647. The van der Waals surface area contributed by atoms with Crippen molar-refractivity contribution >= 4 is 27.5 Å². The summed E-state index contributed by atoms with van der Waals surface area (Å²) >= 11 is 9.78. The Labute approximate surface area is 140 Å². The molecule has 1 aromatic carbocycles. The van der Waals surface area contributed by atoms with Gasteiger partial charge in [-0.3, -0.25) is 0 Å². The van der Waals surface area contributed by atoms with Gasteiger partial charge >= 0.3 is 0 Å². The third-order valence-electron chi connectivity index (χ3n) is 4.99. The summed E-state index contributed by atoms with van der Waals surface area (Å²) in [6.45, 7) is 4.05. The summed E-state index contributed by atoms with van der Waals surface area (Å²) in [5, 5.41) is 4.47. The van der Waals surface area contributed by atoms with Crippen LogP contribution in [0.25, 0.3) is 0 Å². The number of ether oxygens (including phenoxy) is 1. The van der Waals surface area contributed by atoms with E-state index < -0.39 is 0 Å². The van der Waals surface area contributed by atoms with Gasteiger partial charge in [-0.15, -0.1) is 0 Å². The van der Waals surface area contributed by atoms with E-state index in [9.17, 15) is 0 Å². The first-order valence-electron chi connectivity index (χ1n) is 7.96. The Hall–Kier alpha value is -0.0900. The lowest BCUT2D eigenvalue weighted by Crippen LogP contribution is -2.48. The van der Waals surface area contributed by atoms with Gasteiger partial charge in [0.05, 0.1) is 5.60 Å². The summed E-state index contributed by atoms with van der Waals surface area (Å²) in [5.41, 5.74) is 1.51. The van der Waals surface area contributed by atoms with Crippen molar-refractivity contribution in [3.63, 3.8) is 0 Å². The lowest BCUT2D eigenvalue weighted by Gasteiger charge is -2.49. The van der Waals surface area contributed by atoms with Crippen LogP contribution in [-0.4, -0.2) is 18.8 Å². The summed E-state index contributed by atoms with van der Waals surface area (Å²) in [6.07, 6.45) is 6.12. The quantitative estimate of drug-likeness (QED) is 0.793. The summed E-state index contributed by atoms with van der Waals surface area (Å²) in [6, 6.07) is 6.52. The number of benzene rings is 1. The fourth-order valence-electron chi connectivity index (χ4n) is 3.77. The largest absolute Gasteiger partial charge is 0.375 e. The molecule has 0 aromatic heterocycles. The first kappa shape index (κ1) is 15.8. The molecule has 2 atom stereocenters. The van der Waals surface area contributed by atoms with Gasteiger partial charge in [0, 0.05) is 22.1 Å². The van der Waals surface area contributed by atoms with Crippen molar-refractivity contribution in [2.24, 2.45) is 5.92 Å². The van der Waals surface area contributed by atoms with Crippen LogP contribution in [0, 0.1) is 5.92 Å². The normalized spacial score (nSPS) is 25.6. The van der Waals surface area contributed by atoms with Gasteiger partial charge in [-0.25, -0.2) is 0 Å². The number of halogens is 2. The highest BCUT2D eigenvalue weighted by Gasteiger charge is 2.44. The molecule has 4 heteroatoms. The molecule has 1 N–H and O–H groups in total. The molecule has 1 heterocycles. The van der Waals surface area contributed by atoms with Gasteiger partial charge in [0.2, 0.25) is 0 Å². The Kier molecular flexibility index (Phi) is 4.94. The Balaban J connectivity index is 1.83. The molecule has 0 radical (unpaired) electrons. The van der Waals surface area contributed by atoms with Crippen LogP contribution < -0.4 is 5.32 Å². The van der Waals surface area contributed by atoms with Crippen LogP contribution in [0.4, 0.5) is 0 Å². The average molecular weight is 373 g/mol. The van der Waals surface area contributed by atoms with E-state index in [1.54, 1.807) is 0 Å². The van der Waals surface area contributed by atoms with E-state index in [0.29, 0.717) is 12.0 Å². The summed E-state index contributed by atoms with van der Waals surface area (Å²) < 4.78 is 7.19. The molecule has 1 saturated carbocycles. The van der Waals surface area contributed by atoms with Crippen molar-refractivity contribution in [2.75, 3.05) is 13.2 Å². The van der Waals surface area contributed by atoms with Crippen LogP contribution in [0.15, 0.2) is 22.7 Å². The topological polar surface area (TPSA) is 21.3 Å². The Morgan fingerprint density at radius 1 is 1.48 bits per heavy atom. The molecular weight excluding hydrogens is 350 g/mol. The molecule has 21 heavy (non-hydrogen) atoms. The summed E-state index contributed by atoms with van der Waals surface area (Å²) in [5.74, 6) is 0.636. The minimum Gasteiger partial charge on any atom is -0.375 e. The first-order valence-corrected chi connectivity index (χ1v) is 9.13. The molecular formula is C17H23BrClNO. The van der Waals surface area contributed by atoms with Crippen LogP contribution >= 0.6 is 27.5 Å². The van der Waals surface area contributed by atoms with Gasteiger partial charge in [-0.1, -0.05) is 40.5 Å². The van der Waals surface area contributed by atoms with Crippen LogP contribution in [-0.2, 0) is 4.74 Å². The van der Waals surface area contributed by atoms with Crippen molar-refractivity contribution < 1.29 is 4.74 Å². The molecule has 1 saturated heterocycles. The van der Waals surface area contributed by atoms with Crippen LogP contribution in [0.1, 0.15) is 50.6 Å². The zero-order chi connectivity index (χ0) is 14.9. The highest BCUT2D eigenvalue weighted by Crippen LogP contribution is 2.47. The second kappa shape index (κ2) is 6.57. The monoisotopic (exact) mass is 371 g/mol. The predicted molar refractivity (Wildman–Crippen MR) is 90.8 cm³/mol.